The minimum atomic E-state index is 0.127. The van der Waals surface area contributed by atoms with E-state index in [1.54, 1.807) is 0 Å². The van der Waals surface area contributed by atoms with E-state index in [9.17, 15) is 4.79 Å². The van der Waals surface area contributed by atoms with Crippen molar-refractivity contribution in [2.75, 3.05) is 6.61 Å². The fourth-order valence-corrected chi connectivity index (χ4v) is 6.31. The van der Waals surface area contributed by atoms with Crippen molar-refractivity contribution in [2.24, 2.45) is 46.8 Å². The molecule has 7 unspecified atom stereocenters. The average molecular weight is 290 g/mol. The standard InChI is InChI=1S/C19H30O2/c1-4-19(2,3)10-21-18(20)15-9-13-8-14(15)17-12-6-5-11(7-12)16(13)17/h11-17H,4-10H2,1-3H3. The van der Waals surface area contributed by atoms with Gasteiger partial charge in [0.1, 0.15) is 0 Å². The number of carbonyl (C=O) groups excluding carboxylic acids is 1. The fourth-order valence-electron chi connectivity index (χ4n) is 6.31. The first-order valence-corrected chi connectivity index (χ1v) is 9.17. The highest BCUT2D eigenvalue weighted by Crippen LogP contribution is 2.68. The first kappa shape index (κ1) is 14.1. The van der Waals surface area contributed by atoms with E-state index in [-0.39, 0.29) is 17.3 Å². The molecule has 4 aliphatic carbocycles. The van der Waals surface area contributed by atoms with Crippen LogP contribution in [0.3, 0.4) is 0 Å². The lowest BCUT2D eigenvalue weighted by atomic mass is 9.67. The van der Waals surface area contributed by atoms with Gasteiger partial charge in [0.25, 0.3) is 0 Å². The molecule has 0 aliphatic heterocycles. The Balaban J connectivity index is 1.41. The molecule has 2 heteroatoms. The molecule has 118 valence electrons. The van der Waals surface area contributed by atoms with Crippen LogP contribution in [0, 0.1) is 46.8 Å². The normalized spacial score (nSPS) is 46.9. The number of hydrogen-bond donors (Lipinski definition) is 0. The second kappa shape index (κ2) is 4.73. The quantitative estimate of drug-likeness (QED) is 0.570. The monoisotopic (exact) mass is 290 g/mol. The molecule has 0 saturated heterocycles. The Labute approximate surface area is 129 Å². The Kier molecular flexibility index (Phi) is 3.17. The maximum absolute atomic E-state index is 12.6. The first-order valence-electron chi connectivity index (χ1n) is 9.17. The van der Waals surface area contributed by atoms with Crippen molar-refractivity contribution in [3.8, 4) is 0 Å². The van der Waals surface area contributed by atoms with E-state index in [2.05, 4.69) is 20.8 Å². The summed E-state index contributed by atoms with van der Waals surface area (Å²) >= 11 is 0. The van der Waals surface area contributed by atoms with Gasteiger partial charge >= 0.3 is 5.97 Å². The highest BCUT2D eigenvalue weighted by molar-refractivity contribution is 5.73. The Morgan fingerprint density at radius 3 is 2.48 bits per heavy atom. The number of carbonyl (C=O) groups is 1. The minimum Gasteiger partial charge on any atom is -0.465 e. The van der Waals surface area contributed by atoms with Crippen LogP contribution < -0.4 is 0 Å². The molecule has 2 nitrogen and oxygen atoms in total. The van der Waals surface area contributed by atoms with Gasteiger partial charge in [-0.05, 0) is 79.4 Å². The molecule has 0 aromatic carbocycles. The minimum absolute atomic E-state index is 0.127. The van der Waals surface area contributed by atoms with E-state index in [1.165, 1.54) is 25.7 Å². The van der Waals surface area contributed by atoms with Crippen molar-refractivity contribution < 1.29 is 9.53 Å². The molecular formula is C19H30O2. The van der Waals surface area contributed by atoms with E-state index in [4.69, 9.17) is 4.74 Å². The zero-order valence-electron chi connectivity index (χ0n) is 13.8. The van der Waals surface area contributed by atoms with Crippen LogP contribution in [0.4, 0.5) is 0 Å². The summed E-state index contributed by atoms with van der Waals surface area (Å²) in [5.41, 5.74) is 0.127. The lowest BCUT2D eigenvalue weighted by molar-refractivity contribution is -0.155. The SMILES string of the molecule is CCC(C)(C)COC(=O)C1CC2CC1C1C3CCC(C3)C21. The predicted molar refractivity (Wildman–Crippen MR) is 82.5 cm³/mol. The van der Waals surface area contributed by atoms with Gasteiger partial charge in [-0.3, -0.25) is 4.79 Å². The summed E-state index contributed by atoms with van der Waals surface area (Å²) in [7, 11) is 0. The van der Waals surface area contributed by atoms with Crippen molar-refractivity contribution in [1.29, 1.82) is 0 Å². The Bertz CT molecular complexity index is 441. The van der Waals surface area contributed by atoms with Gasteiger partial charge in [0.2, 0.25) is 0 Å². The van der Waals surface area contributed by atoms with Gasteiger partial charge < -0.3 is 4.74 Å². The third kappa shape index (κ3) is 2.08. The first-order chi connectivity index (χ1) is 10.00. The summed E-state index contributed by atoms with van der Waals surface area (Å²) in [6.45, 7) is 7.14. The summed E-state index contributed by atoms with van der Waals surface area (Å²) < 4.78 is 5.72. The third-order valence-corrected chi connectivity index (χ3v) is 7.60. The molecule has 0 radical (unpaired) electrons. The highest BCUT2D eigenvalue weighted by atomic mass is 16.5. The molecule has 7 atom stereocenters. The Morgan fingerprint density at radius 2 is 1.76 bits per heavy atom. The molecule has 0 heterocycles. The lowest BCUT2D eigenvalue weighted by Gasteiger charge is -2.38. The maximum Gasteiger partial charge on any atom is 0.309 e. The van der Waals surface area contributed by atoms with Gasteiger partial charge in [-0.2, -0.15) is 0 Å². The highest BCUT2D eigenvalue weighted by Gasteiger charge is 2.63. The van der Waals surface area contributed by atoms with E-state index < -0.39 is 0 Å². The molecule has 21 heavy (non-hydrogen) atoms. The largest absolute Gasteiger partial charge is 0.465 e. The number of hydrogen-bond acceptors (Lipinski definition) is 2. The predicted octanol–water partition coefficient (Wildman–Crippen LogP) is 4.28. The van der Waals surface area contributed by atoms with Crippen LogP contribution in [0.1, 0.15) is 59.3 Å². The van der Waals surface area contributed by atoms with Gasteiger partial charge in [0, 0.05) is 0 Å². The summed E-state index contributed by atoms with van der Waals surface area (Å²) in [4.78, 5) is 12.6. The lowest BCUT2D eigenvalue weighted by Crippen LogP contribution is -2.37. The molecule has 4 aliphatic rings. The van der Waals surface area contributed by atoms with Crippen LogP contribution in [0.15, 0.2) is 0 Å². The van der Waals surface area contributed by atoms with Crippen molar-refractivity contribution in [3.63, 3.8) is 0 Å². The van der Waals surface area contributed by atoms with Crippen LogP contribution >= 0.6 is 0 Å². The molecule has 0 amide bonds. The average Bonchev–Trinajstić information content (AvgIpc) is 3.21. The van der Waals surface area contributed by atoms with Gasteiger partial charge in [0.05, 0.1) is 12.5 Å². The molecule has 0 aromatic heterocycles. The summed E-state index contributed by atoms with van der Waals surface area (Å²) in [6, 6.07) is 0. The number of fused-ring (bicyclic) bond motifs is 9. The molecule has 0 aromatic rings. The van der Waals surface area contributed by atoms with Crippen LogP contribution in [-0.2, 0) is 9.53 Å². The van der Waals surface area contributed by atoms with Crippen molar-refractivity contribution in [2.45, 2.75) is 59.3 Å². The molecule has 4 saturated carbocycles. The molecule has 4 rings (SSSR count). The molecule has 4 bridgehead atoms. The van der Waals surface area contributed by atoms with E-state index >= 15 is 0 Å². The number of rotatable bonds is 4. The second-order valence-electron chi connectivity index (χ2n) is 9.12. The fraction of sp³-hybridized carbons (Fsp3) is 0.947. The van der Waals surface area contributed by atoms with Crippen molar-refractivity contribution in [3.05, 3.63) is 0 Å². The topological polar surface area (TPSA) is 26.3 Å². The molecule has 4 fully saturated rings. The van der Waals surface area contributed by atoms with Gasteiger partial charge in [-0.1, -0.05) is 20.8 Å². The summed E-state index contributed by atoms with van der Waals surface area (Å²) in [5, 5.41) is 0. The van der Waals surface area contributed by atoms with E-state index in [0.29, 0.717) is 12.5 Å². The summed E-state index contributed by atoms with van der Waals surface area (Å²) in [5.74, 6) is 5.75. The van der Waals surface area contributed by atoms with Crippen molar-refractivity contribution in [1.82, 2.24) is 0 Å². The van der Waals surface area contributed by atoms with Gasteiger partial charge in [-0.25, -0.2) is 0 Å². The van der Waals surface area contributed by atoms with Crippen LogP contribution in [0.5, 0.6) is 0 Å². The van der Waals surface area contributed by atoms with Crippen LogP contribution in [0.2, 0.25) is 0 Å². The van der Waals surface area contributed by atoms with Gasteiger partial charge in [-0.15, -0.1) is 0 Å². The Hall–Kier alpha value is -0.530. The smallest absolute Gasteiger partial charge is 0.309 e. The number of esters is 1. The molecular weight excluding hydrogens is 260 g/mol. The zero-order chi connectivity index (χ0) is 14.8. The Morgan fingerprint density at radius 1 is 1.05 bits per heavy atom. The second-order valence-corrected chi connectivity index (χ2v) is 9.12. The maximum atomic E-state index is 12.6. The van der Waals surface area contributed by atoms with Gasteiger partial charge in [0.15, 0.2) is 0 Å². The van der Waals surface area contributed by atoms with E-state index in [0.717, 1.165) is 42.4 Å². The zero-order valence-corrected chi connectivity index (χ0v) is 13.8. The van der Waals surface area contributed by atoms with Crippen LogP contribution in [-0.4, -0.2) is 12.6 Å². The molecule has 0 N–H and O–H groups in total. The molecule has 0 spiro atoms. The summed E-state index contributed by atoms with van der Waals surface area (Å²) in [6.07, 6.45) is 7.94. The number of ether oxygens (including phenoxy) is 1. The van der Waals surface area contributed by atoms with Crippen molar-refractivity contribution >= 4 is 5.97 Å². The third-order valence-electron chi connectivity index (χ3n) is 7.60. The van der Waals surface area contributed by atoms with E-state index in [1.807, 2.05) is 0 Å². The van der Waals surface area contributed by atoms with Crippen LogP contribution in [0.25, 0.3) is 0 Å².